The molecule has 292 valence electrons. The molecule has 2 aromatic carbocycles. The number of imidazole rings is 1. The van der Waals surface area contributed by atoms with E-state index in [-0.39, 0.29) is 43.4 Å². The first kappa shape index (κ1) is 41.6. The Morgan fingerprint density at radius 1 is 0.907 bits per heavy atom. The SMILES string of the molecule is COC(=O)[C@@H]1CCCN1C(=O)CC(Cc1cccc2ccccc12)C(=O)N[C@@H](Cc1c[nH]cn1)C(=O)N[C@@H](CC(C)C)[C@@H](O)CC(=O)NC(=O)CC(C)C. The van der Waals surface area contributed by atoms with E-state index >= 15 is 0 Å². The lowest BCUT2D eigenvalue weighted by molar-refractivity contribution is -0.151. The van der Waals surface area contributed by atoms with Crippen LogP contribution >= 0.6 is 0 Å². The number of aliphatic hydroxyl groups is 1. The molecule has 5 atom stereocenters. The van der Waals surface area contributed by atoms with Crippen LogP contribution in [0.4, 0.5) is 0 Å². The highest BCUT2D eigenvalue weighted by molar-refractivity contribution is 5.96. The Morgan fingerprint density at radius 3 is 2.31 bits per heavy atom. The second-order valence-corrected chi connectivity index (χ2v) is 14.9. The number of amides is 5. The molecule has 0 bridgehead atoms. The number of rotatable bonds is 18. The monoisotopic (exact) mass is 746 g/mol. The molecule has 3 aromatic rings. The van der Waals surface area contributed by atoms with Gasteiger partial charge in [0.2, 0.25) is 29.5 Å². The lowest BCUT2D eigenvalue weighted by Crippen LogP contribution is -2.55. The van der Waals surface area contributed by atoms with Crippen LogP contribution in [0.3, 0.4) is 0 Å². The van der Waals surface area contributed by atoms with Crippen LogP contribution < -0.4 is 16.0 Å². The van der Waals surface area contributed by atoms with E-state index in [1.54, 1.807) is 6.20 Å². The fourth-order valence-corrected chi connectivity index (χ4v) is 6.94. The number of aromatic amines is 1. The summed E-state index contributed by atoms with van der Waals surface area (Å²) >= 11 is 0. The van der Waals surface area contributed by atoms with E-state index in [2.05, 4.69) is 25.9 Å². The van der Waals surface area contributed by atoms with Gasteiger partial charge in [0.25, 0.3) is 0 Å². The van der Waals surface area contributed by atoms with Crippen molar-refractivity contribution in [1.82, 2.24) is 30.8 Å². The van der Waals surface area contributed by atoms with Crippen LogP contribution in [0.2, 0.25) is 0 Å². The van der Waals surface area contributed by atoms with Crippen molar-refractivity contribution < 1.29 is 38.6 Å². The fourth-order valence-electron chi connectivity index (χ4n) is 6.94. The van der Waals surface area contributed by atoms with E-state index in [9.17, 15) is 33.9 Å². The van der Waals surface area contributed by atoms with Gasteiger partial charge >= 0.3 is 5.97 Å². The topological polar surface area (TPSA) is 200 Å². The molecule has 1 saturated heterocycles. The Kier molecular flexibility index (Phi) is 15.3. The average molecular weight is 747 g/mol. The first-order chi connectivity index (χ1) is 25.7. The van der Waals surface area contributed by atoms with Crippen molar-refractivity contribution in [3.63, 3.8) is 0 Å². The molecule has 1 aliphatic heterocycles. The zero-order valence-corrected chi connectivity index (χ0v) is 31.8. The number of nitrogens with one attached hydrogen (secondary N) is 4. The van der Waals surface area contributed by atoms with E-state index < -0.39 is 66.2 Å². The molecule has 0 radical (unpaired) electrons. The fraction of sp³-hybridized carbons (Fsp3) is 0.525. The van der Waals surface area contributed by atoms with Crippen LogP contribution in [0.5, 0.6) is 0 Å². The van der Waals surface area contributed by atoms with Gasteiger partial charge in [0.15, 0.2) is 0 Å². The Bertz CT molecular complexity index is 1750. The van der Waals surface area contributed by atoms with E-state index in [0.29, 0.717) is 31.5 Å². The van der Waals surface area contributed by atoms with Gasteiger partial charge in [0.1, 0.15) is 12.1 Å². The Morgan fingerprint density at radius 2 is 1.63 bits per heavy atom. The minimum absolute atomic E-state index is 0.00505. The molecular formula is C40H54N6O8. The van der Waals surface area contributed by atoms with Gasteiger partial charge in [-0.25, -0.2) is 9.78 Å². The maximum Gasteiger partial charge on any atom is 0.328 e. The lowest BCUT2D eigenvalue weighted by atomic mass is 9.91. The third-order valence-electron chi connectivity index (χ3n) is 9.57. The van der Waals surface area contributed by atoms with Gasteiger partial charge in [0, 0.05) is 32.0 Å². The Labute approximate surface area is 316 Å². The number of benzene rings is 2. The molecular weight excluding hydrogens is 692 g/mol. The number of likely N-dealkylation sites (tertiary alicyclic amines) is 1. The number of aliphatic hydroxyl groups excluding tert-OH is 1. The molecule has 14 heteroatoms. The number of hydrogen-bond donors (Lipinski definition) is 5. The van der Waals surface area contributed by atoms with Crippen LogP contribution in [0.15, 0.2) is 55.0 Å². The normalized spacial score (nSPS) is 16.4. The highest BCUT2D eigenvalue weighted by Gasteiger charge is 2.38. The zero-order chi connectivity index (χ0) is 39.4. The number of esters is 1. The summed E-state index contributed by atoms with van der Waals surface area (Å²) in [6.07, 6.45) is 2.78. The molecule has 1 aromatic heterocycles. The smallest absolute Gasteiger partial charge is 0.328 e. The van der Waals surface area contributed by atoms with E-state index in [0.717, 1.165) is 16.3 Å². The number of fused-ring (bicyclic) bond motifs is 1. The minimum atomic E-state index is -1.33. The summed E-state index contributed by atoms with van der Waals surface area (Å²) in [5, 5.41) is 21.1. The van der Waals surface area contributed by atoms with Crippen LogP contribution in [-0.4, -0.2) is 93.4 Å². The summed E-state index contributed by atoms with van der Waals surface area (Å²) < 4.78 is 4.94. The number of carbonyl (C=O) groups excluding carboxylic acids is 6. The average Bonchev–Trinajstić information content (AvgIpc) is 3.83. The van der Waals surface area contributed by atoms with Gasteiger partial charge in [-0.3, -0.25) is 29.3 Å². The maximum atomic E-state index is 14.4. The summed E-state index contributed by atoms with van der Waals surface area (Å²) in [4.78, 5) is 88.1. The molecule has 5 N–H and O–H groups in total. The number of hydrogen-bond acceptors (Lipinski definition) is 9. The minimum Gasteiger partial charge on any atom is -0.467 e. The van der Waals surface area contributed by atoms with Crippen LogP contribution in [-0.2, 0) is 46.3 Å². The van der Waals surface area contributed by atoms with E-state index in [1.165, 1.54) is 18.3 Å². The number of ether oxygens (including phenoxy) is 1. The molecule has 2 heterocycles. The molecule has 0 saturated carbocycles. The lowest BCUT2D eigenvalue weighted by Gasteiger charge is -2.29. The molecule has 1 fully saturated rings. The number of imide groups is 1. The van der Waals surface area contributed by atoms with Gasteiger partial charge in [0.05, 0.1) is 43.6 Å². The van der Waals surface area contributed by atoms with Gasteiger partial charge in [-0.1, -0.05) is 70.2 Å². The summed E-state index contributed by atoms with van der Waals surface area (Å²) in [6, 6.07) is 10.7. The first-order valence-corrected chi connectivity index (χ1v) is 18.7. The Hall–Kier alpha value is -5.11. The first-order valence-electron chi connectivity index (χ1n) is 18.7. The van der Waals surface area contributed by atoms with Crippen molar-refractivity contribution in [1.29, 1.82) is 0 Å². The van der Waals surface area contributed by atoms with Crippen LogP contribution in [0.1, 0.15) is 77.5 Å². The largest absolute Gasteiger partial charge is 0.467 e. The highest BCUT2D eigenvalue weighted by atomic mass is 16.5. The van der Waals surface area contributed by atoms with Crippen molar-refractivity contribution in [2.75, 3.05) is 13.7 Å². The molecule has 14 nitrogen and oxygen atoms in total. The van der Waals surface area contributed by atoms with Crippen molar-refractivity contribution in [2.45, 2.75) is 103 Å². The summed E-state index contributed by atoms with van der Waals surface area (Å²) in [5.74, 6) is -4.05. The maximum absolute atomic E-state index is 14.4. The van der Waals surface area contributed by atoms with Crippen LogP contribution in [0.25, 0.3) is 10.8 Å². The summed E-state index contributed by atoms with van der Waals surface area (Å²) in [5.41, 5.74) is 1.32. The zero-order valence-electron chi connectivity index (χ0n) is 31.8. The van der Waals surface area contributed by atoms with Gasteiger partial charge in [-0.05, 0) is 53.9 Å². The number of methoxy groups -OCH3 is 1. The third kappa shape index (κ3) is 12.0. The van der Waals surface area contributed by atoms with Crippen molar-refractivity contribution in [2.24, 2.45) is 17.8 Å². The quantitative estimate of drug-likeness (QED) is 0.122. The number of aromatic nitrogens is 2. The predicted octanol–water partition coefficient (Wildman–Crippen LogP) is 2.97. The number of nitrogens with zero attached hydrogens (tertiary/aromatic N) is 2. The van der Waals surface area contributed by atoms with E-state index in [4.69, 9.17) is 4.74 Å². The molecule has 1 unspecified atom stereocenters. The number of carbonyl (C=O) groups is 6. The second-order valence-electron chi connectivity index (χ2n) is 14.9. The van der Waals surface area contributed by atoms with Crippen molar-refractivity contribution in [3.05, 3.63) is 66.2 Å². The second kappa shape index (κ2) is 19.8. The molecule has 1 aliphatic rings. The summed E-state index contributed by atoms with van der Waals surface area (Å²) in [7, 11) is 1.28. The van der Waals surface area contributed by atoms with Gasteiger partial charge < -0.3 is 30.4 Å². The third-order valence-corrected chi connectivity index (χ3v) is 9.57. The van der Waals surface area contributed by atoms with Crippen LogP contribution in [0, 0.1) is 17.8 Å². The standard InChI is InChI=1S/C40H54N6O8/c1-24(2)16-31(34(47)21-36(49)45-35(48)17-25(3)4)43-39(52)32(20-29-22-41-23-42-29)44-38(51)28(18-27-12-8-11-26-10-6-7-13-30(26)27)19-37(50)46-15-9-14-33(46)40(53)54-5/h6-8,10-13,22-25,28,31-34,47H,9,14-21H2,1-5H3,(H,41,42)(H,43,52)(H,44,51)(H,45,48,49)/t28?,31-,32-,33-,34-/m0/s1. The summed E-state index contributed by atoms with van der Waals surface area (Å²) in [6.45, 7) is 7.86. The molecule has 0 spiro atoms. The molecule has 0 aliphatic carbocycles. The molecule has 54 heavy (non-hydrogen) atoms. The van der Waals surface area contributed by atoms with Gasteiger partial charge in [-0.15, -0.1) is 0 Å². The van der Waals surface area contributed by atoms with Crippen molar-refractivity contribution >= 4 is 46.3 Å². The molecule has 5 amide bonds. The van der Waals surface area contributed by atoms with Gasteiger partial charge in [-0.2, -0.15) is 0 Å². The molecule has 4 rings (SSSR count). The Balaban J connectivity index is 1.59. The number of H-pyrrole nitrogens is 1. The highest BCUT2D eigenvalue weighted by Crippen LogP contribution is 2.26. The predicted molar refractivity (Wildman–Crippen MR) is 201 cm³/mol. The van der Waals surface area contributed by atoms with E-state index in [1.807, 2.05) is 70.2 Å². The van der Waals surface area contributed by atoms with Crippen molar-refractivity contribution in [3.8, 4) is 0 Å².